The van der Waals surface area contributed by atoms with Gasteiger partial charge >= 0.3 is 5.97 Å². The van der Waals surface area contributed by atoms with Crippen LogP contribution in [0.3, 0.4) is 0 Å². The van der Waals surface area contributed by atoms with Gasteiger partial charge in [-0.05, 0) is 67.8 Å². The van der Waals surface area contributed by atoms with Crippen molar-refractivity contribution in [1.82, 2.24) is 21.3 Å². The van der Waals surface area contributed by atoms with E-state index < -0.39 is 131 Å². The molecule has 0 bridgehead atoms. The number of nitrogens with one attached hydrogen (secondary N) is 5. The number of fused-ring (bicyclic) bond motifs is 3. The molecule has 2 fully saturated rings. The molecule has 2 aliphatic heterocycles. The van der Waals surface area contributed by atoms with Gasteiger partial charge in [-0.1, -0.05) is 36.4 Å². The number of rotatable bonds is 19. The zero-order valence-corrected chi connectivity index (χ0v) is 40.0. The fourth-order valence-corrected chi connectivity index (χ4v) is 10.1. The molecule has 0 aromatic heterocycles. The van der Waals surface area contributed by atoms with E-state index >= 15 is 0 Å². The number of aliphatic carboxylic acids is 1. The molecule has 4 aromatic carbocycles. The number of phenols is 2. The number of anilines is 1. The molecule has 2 heterocycles. The second-order valence-electron chi connectivity index (χ2n) is 18.8. The lowest BCUT2D eigenvalue weighted by molar-refractivity contribution is -0.249. The zero-order valence-electron chi connectivity index (χ0n) is 40.0. The maximum Gasteiger partial charge on any atom is 0.326 e. The van der Waals surface area contributed by atoms with Gasteiger partial charge in [-0.15, -0.1) is 0 Å². The van der Waals surface area contributed by atoms with Crippen LogP contribution in [0.2, 0.25) is 0 Å². The van der Waals surface area contributed by atoms with E-state index in [-0.39, 0.29) is 53.2 Å². The van der Waals surface area contributed by atoms with Gasteiger partial charge in [0.2, 0.25) is 17.6 Å². The summed E-state index contributed by atoms with van der Waals surface area (Å²) in [6.45, 7) is 1.81. The Morgan fingerprint density at radius 2 is 1.59 bits per heavy atom. The number of aliphatic hydroxyl groups is 3. The van der Waals surface area contributed by atoms with Crippen LogP contribution in [-0.2, 0) is 47.9 Å². The Morgan fingerprint density at radius 1 is 0.904 bits per heavy atom. The molecule has 20 nitrogen and oxygen atoms in total. The second kappa shape index (κ2) is 22.1. The molecule has 388 valence electrons. The predicted molar refractivity (Wildman–Crippen MR) is 257 cm³/mol. The fourth-order valence-electron chi connectivity index (χ4n) is 10.1. The van der Waals surface area contributed by atoms with Gasteiger partial charge in [0.05, 0.1) is 48.2 Å². The van der Waals surface area contributed by atoms with Crippen LogP contribution < -0.4 is 31.3 Å². The van der Waals surface area contributed by atoms with Crippen molar-refractivity contribution in [1.29, 1.82) is 0 Å². The summed E-state index contributed by atoms with van der Waals surface area (Å²) in [6, 6.07) is 13.0. The smallest absolute Gasteiger partial charge is 0.326 e. The number of methoxy groups -OCH3 is 1. The molecule has 8 rings (SSSR count). The number of amides is 2. The van der Waals surface area contributed by atoms with E-state index in [9.17, 15) is 63.8 Å². The molecule has 2 saturated heterocycles. The number of hydrogen-bond donors (Lipinski definition) is 11. The number of Topliss-reactive ketones (excluding diaryl/α,β-unsaturated/α-hetero) is 1. The lowest BCUT2D eigenvalue weighted by atomic mass is 9.72. The summed E-state index contributed by atoms with van der Waals surface area (Å²) in [7, 11) is 1.31. The number of aromatic hydroxyl groups is 2. The van der Waals surface area contributed by atoms with Crippen LogP contribution in [0.1, 0.15) is 92.8 Å². The van der Waals surface area contributed by atoms with Crippen molar-refractivity contribution in [2.75, 3.05) is 38.7 Å². The number of carbonyl (C=O) groups is 6. The third kappa shape index (κ3) is 11.1. The van der Waals surface area contributed by atoms with Gasteiger partial charge < -0.3 is 71.4 Å². The summed E-state index contributed by atoms with van der Waals surface area (Å²) >= 11 is 0. The van der Waals surface area contributed by atoms with E-state index in [2.05, 4.69) is 26.6 Å². The molecule has 8 unspecified atom stereocenters. The molecular weight excluding hydrogens is 954 g/mol. The number of aliphatic hydroxyl groups excluding tert-OH is 2. The summed E-state index contributed by atoms with van der Waals surface area (Å²) in [6.07, 6.45) is -4.38. The van der Waals surface area contributed by atoms with Crippen LogP contribution >= 0.6 is 0 Å². The molecule has 0 spiro atoms. The summed E-state index contributed by atoms with van der Waals surface area (Å²) in [5.41, 5.74) is -2.16. The number of halogens is 1. The summed E-state index contributed by atoms with van der Waals surface area (Å²) < 4.78 is 31.2. The van der Waals surface area contributed by atoms with E-state index in [0.717, 1.165) is 6.42 Å². The lowest BCUT2D eigenvalue weighted by Gasteiger charge is -2.43. The second-order valence-corrected chi connectivity index (χ2v) is 18.8. The van der Waals surface area contributed by atoms with E-state index in [1.54, 1.807) is 31.2 Å². The van der Waals surface area contributed by atoms with Gasteiger partial charge in [-0.25, -0.2) is 9.18 Å². The Morgan fingerprint density at radius 3 is 2.25 bits per heavy atom. The van der Waals surface area contributed by atoms with E-state index in [4.69, 9.17) is 14.2 Å². The molecule has 11 N–H and O–H groups in total. The number of carboxylic acids is 1. The third-order valence-electron chi connectivity index (χ3n) is 14.0. The summed E-state index contributed by atoms with van der Waals surface area (Å²) in [4.78, 5) is 80.0. The van der Waals surface area contributed by atoms with Gasteiger partial charge in [-0.2, -0.15) is 0 Å². The van der Waals surface area contributed by atoms with E-state index in [1.165, 1.54) is 49.6 Å². The van der Waals surface area contributed by atoms with Crippen LogP contribution in [0.25, 0.3) is 0 Å². The van der Waals surface area contributed by atoms with Crippen LogP contribution in [0, 0.1) is 5.82 Å². The minimum absolute atomic E-state index is 0.000368. The average Bonchev–Trinajstić information content (AvgIpc) is 3.93. The first kappa shape index (κ1) is 52.5. The molecule has 21 heteroatoms. The van der Waals surface area contributed by atoms with Crippen molar-refractivity contribution in [3.05, 3.63) is 117 Å². The van der Waals surface area contributed by atoms with Gasteiger partial charge in [0.1, 0.15) is 47.4 Å². The molecule has 9 atom stereocenters. The van der Waals surface area contributed by atoms with Crippen molar-refractivity contribution in [2.45, 2.75) is 106 Å². The minimum Gasteiger partial charge on any atom is -0.507 e. The Hall–Kier alpha value is -6.85. The van der Waals surface area contributed by atoms with Gasteiger partial charge in [-0.3, -0.25) is 24.0 Å². The van der Waals surface area contributed by atoms with Crippen LogP contribution in [0.15, 0.2) is 66.7 Å². The predicted octanol–water partition coefficient (Wildman–Crippen LogP) is 1.47. The third-order valence-corrected chi connectivity index (χ3v) is 14.0. The zero-order chi connectivity index (χ0) is 52.3. The number of carboxylic acid groups (broad SMARTS) is 1. The normalized spacial score (nSPS) is 24.1. The molecule has 0 radical (unpaired) electrons. The standard InChI is InChI=1S/C52H58FN5O15/c1-25-44(61)33(21-39(72-25)73-37-23-52(70,38(60)24-59)22-31-41(37)48(65)43-42(46(31)63)45(62)30-5-3-7-36(71-2)40(30)47(43)64)56-18-17-54-29-14-10-27(11-15-29)19-34(57-49(66)32-6-4-16-55-32)50(67)58-35(51(68)69)20-26-8-12-28(53)13-9-26/h3,5,7-15,25,32-35,37,39,44,54-56,59,61,63,65,70H,4,6,16-24H2,1-2H3,(H,57,66)(H,58,67)(H,68,69)/t25?,32?,33?,34?,35?,37?,39?,44?,52-/m0/s1. The fraction of sp³-hybridized carbons (Fsp3) is 0.423. The van der Waals surface area contributed by atoms with Gasteiger partial charge in [0, 0.05) is 73.6 Å². The topological polar surface area (TPSA) is 312 Å². The Balaban J connectivity index is 0.922. The van der Waals surface area contributed by atoms with Crippen molar-refractivity contribution < 1.29 is 78.0 Å². The van der Waals surface area contributed by atoms with Crippen LogP contribution in [-0.4, -0.2) is 147 Å². The molecule has 73 heavy (non-hydrogen) atoms. The highest BCUT2D eigenvalue weighted by atomic mass is 19.1. The number of phenolic OH excluding ortho intramolecular Hbond substituents is 2. The maximum atomic E-state index is 14.1. The van der Waals surface area contributed by atoms with E-state index in [0.29, 0.717) is 42.9 Å². The molecule has 4 aromatic rings. The highest BCUT2D eigenvalue weighted by molar-refractivity contribution is 6.31. The Bertz CT molecular complexity index is 2770. The number of carbonyl (C=O) groups excluding carboxylic acids is 5. The average molecular weight is 1010 g/mol. The number of benzene rings is 4. The number of ketones is 3. The SMILES string of the molecule is COc1cccc2c1C(=O)c1c(O)c3c(c(O)c1C2=O)C[C@@](O)(C(=O)CO)CC3OC1CC(NCCNc2ccc(CC(NC(=O)C3CCCN3)C(=O)NC(Cc3ccc(F)cc3)C(=O)O)cc2)C(O)C(C)O1. The first-order valence-corrected chi connectivity index (χ1v) is 24.0. The highest BCUT2D eigenvalue weighted by Gasteiger charge is 2.50. The highest BCUT2D eigenvalue weighted by Crippen LogP contribution is 2.52. The molecule has 2 aliphatic carbocycles. The summed E-state index contributed by atoms with van der Waals surface area (Å²) in [5.74, 6) is -6.92. The first-order chi connectivity index (χ1) is 34.9. The van der Waals surface area contributed by atoms with Crippen molar-refractivity contribution in [3.8, 4) is 17.2 Å². The molecule has 4 aliphatic rings. The quantitative estimate of drug-likeness (QED) is 0.0412. The monoisotopic (exact) mass is 1010 g/mol. The summed E-state index contributed by atoms with van der Waals surface area (Å²) in [5, 5.41) is 81.2. The first-order valence-electron chi connectivity index (χ1n) is 24.0. The van der Waals surface area contributed by atoms with E-state index in [1.807, 2.05) is 0 Å². The molecule has 0 saturated carbocycles. The largest absolute Gasteiger partial charge is 0.507 e. The maximum absolute atomic E-state index is 14.1. The Kier molecular flexibility index (Phi) is 15.9. The van der Waals surface area contributed by atoms with Crippen molar-refractivity contribution in [3.63, 3.8) is 0 Å². The van der Waals surface area contributed by atoms with Crippen LogP contribution in [0.5, 0.6) is 17.2 Å². The van der Waals surface area contributed by atoms with Gasteiger partial charge in [0.15, 0.2) is 17.9 Å². The van der Waals surface area contributed by atoms with Crippen molar-refractivity contribution in [2.24, 2.45) is 0 Å². The number of ether oxygens (including phenoxy) is 3. The Labute approximate surface area is 418 Å². The number of hydrogen-bond acceptors (Lipinski definition) is 17. The van der Waals surface area contributed by atoms with Crippen molar-refractivity contribution >= 4 is 40.8 Å². The van der Waals surface area contributed by atoms with Gasteiger partial charge in [0.25, 0.3) is 0 Å². The molecular formula is C52H58FN5O15. The van der Waals surface area contributed by atoms with Crippen LogP contribution in [0.4, 0.5) is 10.1 Å². The lowest BCUT2D eigenvalue weighted by Crippen LogP contribution is -2.55. The molecule has 2 amide bonds. The minimum atomic E-state index is -2.34.